The summed E-state index contributed by atoms with van der Waals surface area (Å²) in [4.78, 5) is 19.8. The molecule has 0 radical (unpaired) electrons. The predicted octanol–water partition coefficient (Wildman–Crippen LogP) is 2.06. The third-order valence-corrected chi connectivity index (χ3v) is 1.17. The Morgan fingerprint density at radius 3 is 2.55 bits per heavy atom. The first kappa shape index (κ1) is 10.4. The zero-order valence-electron chi connectivity index (χ0n) is 7.26. The Balaban J connectivity index is 3.09. The maximum absolute atomic E-state index is 10.7. The van der Waals surface area contributed by atoms with Crippen molar-refractivity contribution < 1.29 is 14.6 Å². The van der Waals surface area contributed by atoms with Crippen LogP contribution in [0.4, 0.5) is 0 Å². The Morgan fingerprint density at radius 1 is 1.27 bits per heavy atom. The SMILES string of the molecule is CCCCC(=O)OOCCC. The Morgan fingerprint density at radius 2 is 2.00 bits per heavy atom. The highest BCUT2D eigenvalue weighted by Crippen LogP contribution is 1.96. The normalized spacial score (nSPS) is 9.64. The molecule has 0 atom stereocenters. The van der Waals surface area contributed by atoms with Crippen LogP contribution in [0.3, 0.4) is 0 Å². The van der Waals surface area contributed by atoms with Gasteiger partial charge < -0.3 is 0 Å². The summed E-state index contributed by atoms with van der Waals surface area (Å²) in [5.74, 6) is -0.264. The lowest BCUT2D eigenvalue weighted by molar-refractivity contribution is -0.272. The molecule has 0 aromatic heterocycles. The van der Waals surface area contributed by atoms with E-state index in [2.05, 4.69) is 9.78 Å². The van der Waals surface area contributed by atoms with Gasteiger partial charge in [-0.15, -0.1) is 0 Å². The number of hydrogen-bond acceptors (Lipinski definition) is 3. The van der Waals surface area contributed by atoms with Gasteiger partial charge in [-0.1, -0.05) is 20.3 Å². The number of carbonyl (C=O) groups excluding carboxylic acids is 1. The van der Waals surface area contributed by atoms with E-state index in [1.165, 1.54) is 0 Å². The molecule has 0 aromatic rings. The fraction of sp³-hybridized carbons (Fsp3) is 0.875. The van der Waals surface area contributed by atoms with Gasteiger partial charge in [0.1, 0.15) is 0 Å². The fourth-order valence-electron chi connectivity index (χ4n) is 0.554. The van der Waals surface area contributed by atoms with E-state index in [1.807, 2.05) is 13.8 Å². The monoisotopic (exact) mass is 160 g/mol. The lowest BCUT2D eigenvalue weighted by atomic mass is 10.3. The molecule has 0 spiro atoms. The molecule has 66 valence electrons. The average Bonchev–Trinajstić information content (AvgIpc) is 2.01. The van der Waals surface area contributed by atoms with E-state index in [0.717, 1.165) is 19.3 Å². The minimum absolute atomic E-state index is 0.264. The predicted molar refractivity (Wildman–Crippen MR) is 41.9 cm³/mol. The molecule has 0 N–H and O–H groups in total. The quantitative estimate of drug-likeness (QED) is 0.339. The molecule has 0 saturated heterocycles. The van der Waals surface area contributed by atoms with Crippen LogP contribution in [0.15, 0.2) is 0 Å². The van der Waals surface area contributed by atoms with Crippen molar-refractivity contribution >= 4 is 5.97 Å². The van der Waals surface area contributed by atoms with Crippen molar-refractivity contribution in [1.82, 2.24) is 0 Å². The molecule has 0 unspecified atom stereocenters. The van der Waals surface area contributed by atoms with Crippen molar-refractivity contribution in [2.24, 2.45) is 0 Å². The third kappa shape index (κ3) is 7.33. The van der Waals surface area contributed by atoms with Crippen LogP contribution in [0.2, 0.25) is 0 Å². The first-order valence-electron chi connectivity index (χ1n) is 4.13. The zero-order valence-corrected chi connectivity index (χ0v) is 7.26. The number of rotatable bonds is 6. The van der Waals surface area contributed by atoms with Gasteiger partial charge in [-0.3, -0.25) is 4.89 Å². The maximum Gasteiger partial charge on any atom is 0.342 e. The molecule has 0 fully saturated rings. The maximum atomic E-state index is 10.7. The minimum Gasteiger partial charge on any atom is -0.298 e. The average molecular weight is 160 g/mol. The van der Waals surface area contributed by atoms with E-state index in [0.29, 0.717) is 13.0 Å². The second-order valence-electron chi connectivity index (χ2n) is 2.38. The first-order chi connectivity index (χ1) is 5.31. The van der Waals surface area contributed by atoms with E-state index >= 15 is 0 Å². The smallest absolute Gasteiger partial charge is 0.298 e. The molecule has 0 amide bonds. The van der Waals surface area contributed by atoms with Crippen LogP contribution in [0.25, 0.3) is 0 Å². The van der Waals surface area contributed by atoms with Gasteiger partial charge in [-0.05, 0) is 12.8 Å². The van der Waals surface area contributed by atoms with Gasteiger partial charge >= 0.3 is 5.97 Å². The molecule has 3 nitrogen and oxygen atoms in total. The van der Waals surface area contributed by atoms with Crippen LogP contribution >= 0.6 is 0 Å². The Bertz CT molecular complexity index is 102. The van der Waals surface area contributed by atoms with Gasteiger partial charge in [0, 0.05) is 6.42 Å². The molecule has 0 saturated carbocycles. The molecule has 11 heavy (non-hydrogen) atoms. The first-order valence-corrected chi connectivity index (χ1v) is 4.13. The molecule has 0 rings (SSSR count). The molecule has 3 heteroatoms. The lowest BCUT2D eigenvalue weighted by Gasteiger charge is -2.00. The summed E-state index contributed by atoms with van der Waals surface area (Å²) in [5, 5.41) is 0. The molecular formula is C8H16O3. The highest BCUT2D eigenvalue weighted by atomic mass is 17.2. The molecule has 0 aromatic carbocycles. The van der Waals surface area contributed by atoms with Crippen molar-refractivity contribution in [2.45, 2.75) is 39.5 Å². The summed E-state index contributed by atoms with van der Waals surface area (Å²) >= 11 is 0. The highest BCUT2D eigenvalue weighted by Gasteiger charge is 2.01. The van der Waals surface area contributed by atoms with Gasteiger partial charge in [-0.2, -0.15) is 4.89 Å². The van der Waals surface area contributed by atoms with Crippen molar-refractivity contribution in [2.75, 3.05) is 6.61 Å². The lowest BCUT2D eigenvalue weighted by Crippen LogP contribution is -2.05. The molecule has 0 aliphatic carbocycles. The topological polar surface area (TPSA) is 35.5 Å². The van der Waals surface area contributed by atoms with Gasteiger partial charge in [0.15, 0.2) is 0 Å². The summed E-state index contributed by atoms with van der Waals surface area (Å²) in [5.41, 5.74) is 0. The van der Waals surface area contributed by atoms with Gasteiger partial charge in [-0.25, -0.2) is 4.79 Å². The van der Waals surface area contributed by atoms with Crippen molar-refractivity contribution in [1.29, 1.82) is 0 Å². The van der Waals surface area contributed by atoms with Crippen LogP contribution in [0, 0.1) is 0 Å². The van der Waals surface area contributed by atoms with E-state index in [9.17, 15) is 4.79 Å². The summed E-state index contributed by atoms with van der Waals surface area (Å²) in [6, 6.07) is 0. The highest BCUT2D eigenvalue weighted by molar-refractivity contribution is 5.68. The largest absolute Gasteiger partial charge is 0.342 e. The molecule has 0 aliphatic heterocycles. The molecule has 0 heterocycles. The second kappa shape index (κ2) is 7.54. The summed E-state index contributed by atoms with van der Waals surface area (Å²) < 4.78 is 0. The van der Waals surface area contributed by atoms with Crippen molar-refractivity contribution in [3.8, 4) is 0 Å². The van der Waals surface area contributed by atoms with Crippen LogP contribution in [-0.2, 0) is 14.6 Å². The summed E-state index contributed by atoms with van der Waals surface area (Å²) in [7, 11) is 0. The molecule has 0 aliphatic rings. The number of carbonyl (C=O) groups is 1. The van der Waals surface area contributed by atoms with Gasteiger partial charge in [0.2, 0.25) is 0 Å². The van der Waals surface area contributed by atoms with E-state index < -0.39 is 0 Å². The zero-order chi connectivity index (χ0) is 8.53. The van der Waals surface area contributed by atoms with Crippen LogP contribution in [0.1, 0.15) is 39.5 Å². The summed E-state index contributed by atoms with van der Waals surface area (Å²) in [6.45, 7) is 4.47. The van der Waals surface area contributed by atoms with Gasteiger partial charge in [0.05, 0.1) is 6.61 Å². The second-order valence-corrected chi connectivity index (χ2v) is 2.38. The Labute approximate surface area is 67.6 Å². The molecule has 0 bridgehead atoms. The summed E-state index contributed by atoms with van der Waals surface area (Å²) in [6.07, 6.45) is 3.19. The van der Waals surface area contributed by atoms with Crippen molar-refractivity contribution in [3.63, 3.8) is 0 Å². The van der Waals surface area contributed by atoms with E-state index in [4.69, 9.17) is 0 Å². The Kier molecular flexibility index (Phi) is 7.15. The van der Waals surface area contributed by atoms with Crippen LogP contribution < -0.4 is 0 Å². The van der Waals surface area contributed by atoms with E-state index in [1.54, 1.807) is 0 Å². The standard InChI is InChI=1S/C8H16O3/c1-3-5-6-8(9)11-10-7-4-2/h3-7H2,1-2H3. The minimum atomic E-state index is -0.264. The number of unbranched alkanes of at least 4 members (excludes halogenated alkanes) is 1. The van der Waals surface area contributed by atoms with Crippen LogP contribution in [0.5, 0.6) is 0 Å². The number of hydrogen-bond donors (Lipinski definition) is 0. The van der Waals surface area contributed by atoms with E-state index in [-0.39, 0.29) is 5.97 Å². The fourth-order valence-corrected chi connectivity index (χ4v) is 0.554. The van der Waals surface area contributed by atoms with Crippen molar-refractivity contribution in [3.05, 3.63) is 0 Å². The van der Waals surface area contributed by atoms with Crippen LogP contribution in [-0.4, -0.2) is 12.6 Å². The van der Waals surface area contributed by atoms with Gasteiger partial charge in [0.25, 0.3) is 0 Å². The molecular weight excluding hydrogens is 144 g/mol. The Hall–Kier alpha value is -0.570. The third-order valence-electron chi connectivity index (χ3n) is 1.17.